The van der Waals surface area contributed by atoms with Crippen molar-refractivity contribution in [2.75, 3.05) is 52.4 Å². The number of carbonyl (C=O) groups is 7. The van der Waals surface area contributed by atoms with Gasteiger partial charge in [0.05, 0.1) is 0 Å². The van der Waals surface area contributed by atoms with Crippen molar-refractivity contribution >= 4 is 42.0 Å². The Morgan fingerprint density at radius 3 is 0.811 bits per heavy atom. The van der Waals surface area contributed by atoms with Crippen LogP contribution in [-0.4, -0.2) is 129 Å². The third-order valence-corrected chi connectivity index (χ3v) is 17.4. The third kappa shape index (κ3) is 45.8. The average Bonchev–Trinajstić information content (AvgIpc) is 1.46. The van der Waals surface area contributed by atoms with Gasteiger partial charge in [-0.2, -0.15) is 0 Å². The number of hydrogen-bond donors (Lipinski definition) is 2. The predicted molar refractivity (Wildman–Crippen MR) is 368 cm³/mol. The van der Waals surface area contributed by atoms with Crippen molar-refractivity contribution < 1.29 is 52.5 Å². The Morgan fingerprint density at radius 1 is 0.344 bits per heavy atom. The fourth-order valence-corrected chi connectivity index (χ4v) is 11.8. The molecule has 0 radical (unpaired) electrons. The molecule has 0 spiro atoms. The number of nitrogens with zero attached hydrogens (tertiary/aromatic N) is 2. The van der Waals surface area contributed by atoms with Crippen molar-refractivity contribution in [3.63, 3.8) is 0 Å². The lowest BCUT2D eigenvalue weighted by atomic mass is 10.0. The molecule has 0 aliphatic carbocycles. The number of amides is 2. The quantitative estimate of drug-likeness (QED) is 0.0272. The van der Waals surface area contributed by atoms with Crippen LogP contribution in [0.3, 0.4) is 0 Å². The summed E-state index contributed by atoms with van der Waals surface area (Å²) in [5, 5.41) is 6.12. The highest BCUT2D eigenvalue weighted by Crippen LogP contribution is 2.18. The van der Waals surface area contributed by atoms with E-state index in [0.717, 1.165) is 283 Å². The van der Waals surface area contributed by atoms with Crippen LogP contribution in [-0.2, 0) is 38.1 Å². The molecule has 2 N–H and O–H groups in total. The standard InChI is InChI=1S/C75H134N4O11/c1-9-43-66(13-5)87-70(81)47-33-25-17-21-29-37-53-78(54-38-30-22-18-26-34-48-71(82)88-67(14-6)44-10-2)57-41-51-76-74(85)64-59-63(62-80)60-65(61-64)75(86)77-52-42-58-79(55-39-31-23-19-27-35-49-72(83)89-68(15-7)45-11-3)56-40-32-24-20-28-36-50-73(84)90-69(16-8)46-12-4/h59-62,66-69H,9-58H2,1-8H3,(H,76,85)(H,77,86). The molecule has 0 aliphatic rings. The van der Waals surface area contributed by atoms with Gasteiger partial charge in [0.15, 0.2) is 0 Å². The van der Waals surface area contributed by atoms with Crippen molar-refractivity contribution in [1.82, 2.24) is 20.4 Å². The van der Waals surface area contributed by atoms with Crippen LogP contribution in [0, 0.1) is 0 Å². The number of carbonyl (C=O) groups excluding carboxylic acids is 7. The van der Waals surface area contributed by atoms with E-state index in [1.807, 2.05) is 0 Å². The zero-order valence-electron chi connectivity index (χ0n) is 58.9. The molecule has 90 heavy (non-hydrogen) atoms. The van der Waals surface area contributed by atoms with Crippen LogP contribution in [0.25, 0.3) is 0 Å². The molecule has 15 nitrogen and oxygen atoms in total. The van der Waals surface area contributed by atoms with Crippen molar-refractivity contribution in [3.8, 4) is 0 Å². The van der Waals surface area contributed by atoms with Gasteiger partial charge in [-0.25, -0.2) is 0 Å². The van der Waals surface area contributed by atoms with Gasteiger partial charge in [0.2, 0.25) is 0 Å². The van der Waals surface area contributed by atoms with Gasteiger partial charge in [0.25, 0.3) is 11.8 Å². The van der Waals surface area contributed by atoms with Gasteiger partial charge < -0.3 is 39.4 Å². The molecular formula is C75H134N4O11. The highest BCUT2D eigenvalue weighted by atomic mass is 16.6. The molecule has 0 fully saturated rings. The summed E-state index contributed by atoms with van der Waals surface area (Å²) >= 11 is 0. The largest absolute Gasteiger partial charge is 0.462 e. The fraction of sp³-hybridized carbons (Fsp3) is 0.827. The number of ether oxygens (including phenoxy) is 4. The monoisotopic (exact) mass is 1270 g/mol. The Kier molecular flexibility index (Phi) is 54.3. The zero-order valence-corrected chi connectivity index (χ0v) is 58.9. The van der Waals surface area contributed by atoms with Crippen LogP contribution in [0.4, 0.5) is 0 Å². The summed E-state index contributed by atoms with van der Waals surface area (Å²) in [5.41, 5.74) is 0.852. The Morgan fingerprint density at radius 2 is 0.578 bits per heavy atom. The number of rotatable bonds is 63. The summed E-state index contributed by atoms with van der Waals surface area (Å²) in [7, 11) is 0. The molecule has 0 saturated heterocycles. The predicted octanol–water partition coefficient (Wildman–Crippen LogP) is 17.8. The van der Waals surface area contributed by atoms with Gasteiger partial charge in [-0.1, -0.05) is 184 Å². The number of hydrogen-bond acceptors (Lipinski definition) is 13. The van der Waals surface area contributed by atoms with E-state index in [-0.39, 0.29) is 76.8 Å². The van der Waals surface area contributed by atoms with Crippen LogP contribution in [0.15, 0.2) is 18.2 Å². The molecule has 1 aromatic rings. The van der Waals surface area contributed by atoms with E-state index >= 15 is 0 Å². The second-order valence-electron chi connectivity index (χ2n) is 25.6. The van der Waals surface area contributed by atoms with Crippen molar-refractivity contribution in [2.24, 2.45) is 0 Å². The minimum atomic E-state index is -0.311. The Hall–Kier alpha value is -4.37. The van der Waals surface area contributed by atoms with E-state index in [4.69, 9.17) is 18.9 Å². The minimum absolute atomic E-state index is 0.0388. The van der Waals surface area contributed by atoms with E-state index in [2.05, 4.69) is 75.8 Å². The summed E-state index contributed by atoms with van der Waals surface area (Å²) in [4.78, 5) is 93.7. The first-order valence-electron chi connectivity index (χ1n) is 37.2. The van der Waals surface area contributed by atoms with Gasteiger partial charge in [-0.3, -0.25) is 33.6 Å². The smallest absolute Gasteiger partial charge is 0.306 e. The molecule has 0 heterocycles. The highest BCUT2D eigenvalue weighted by Gasteiger charge is 2.18. The van der Waals surface area contributed by atoms with Crippen molar-refractivity contribution in [2.45, 2.75) is 349 Å². The zero-order chi connectivity index (χ0) is 66.1. The normalized spacial score (nSPS) is 12.8. The van der Waals surface area contributed by atoms with E-state index in [1.165, 1.54) is 0 Å². The van der Waals surface area contributed by atoms with Crippen molar-refractivity contribution in [3.05, 3.63) is 34.9 Å². The molecule has 0 aromatic heterocycles. The summed E-state index contributed by atoms with van der Waals surface area (Å²) in [6.45, 7) is 23.3. The van der Waals surface area contributed by atoms with Crippen LogP contribution in [0.1, 0.15) is 356 Å². The molecule has 520 valence electrons. The first-order chi connectivity index (χ1) is 43.8. The molecule has 2 amide bonds. The molecule has 1 rings (SSSR count). The Bertz CT molecular complexity index is 1770. The Labute approximate surface area is 549 Å². The maximum absolute atomic E-state index is 13.6. The van der Waals surface area contributed by atoms with Crippen LogP contribution in [0.2, 0.25) is 0 Å². The van der Waals surface area contributed by atoms with Gasteiger partial charge in [-0.05, 0) is 173 Å². The minimum Gasteiger partial charge on any atom is -0.462 e. The lowest BCUT2D eigenvalue weighted by molar-refractivity contribution is -0.150. The molecule has 15 heteroatoms. The summed E-state index contributed by atoms with van der Waals surface area (Å²) in [5.74, 6) is -0.901. The number of unbranched alkanes of at least 4 members (excludes halogenated alkanes) is 20. The number of benzene rings is 1. The second-order valence-corrected chi connectivity index (χ2v) is 25.6. The maximum atomic E-state index is 13.6. The lowest BCUT2D eigenvalue weighted by Gasteiger charge is -2.22. The van der Waals surface area contributed by atoms with Gasteiger partial charge >= 0.3 is 23.9 Å². The summed E-state index contributed by atoms with van der Waals surface area (Å²) < 4.78 is 22.6. The lowest BCUT2D eigenvalue weighted by Crippen LogP contribution is -2.32. The first kappa shape index (κ1) is 83.6. The number of esters is 4. The molecule has 0 aliphatic heterocycles. The van der Waals surface area contributed by atoms with Gasteiger partial charge in [-0.15, -0.1) is 0 Å². The SMILES string of the molecule is CCCC(CC)OC(=O)CCCCCCCCN(CCCCCCCCC(=O)OC(CC)CCC)CCCNC(=O)c1cc(C=O)cc(C(=O)NCCCN(CCCCCCCCC(=O)OC(CC)CCC)CCCCCCCCC(=O)OC(CC)CCC)c1. The van der Waals surface area contributed by atoms with Gasteiger partial charge in [0, 0.05) is 55.5 Å². The topological polar surface area (TPSA) is 187 Å². The number of nitrogens with one attached hydrogen (secondary N) is 2. The van der Waals surface area contributed by atoms with Gasteiger partial charge in [0.1, 0.15) is 30.7 Å². The molecule has 0 saturated carbocycles. The van der Waals surface area contributed by atoms with Crippen LogP contribution >= 0.6 is 0 Å². The number of aldehydes is 1. The molecule has 0 bridgehead atoms. The van der Waals surface area contributed by atoms with Crippen LogP contribution in [0.5, 0.6) is 0 Å². The van der Waals surface area contributed by atoms with Crippen LogP contribution < -0.4 is 10.6 Å². The molecular weight excluding hydrogens is 1130 g/mol. The highest BCUT2D eigenvalue weighted by molar-refractivity contribution is 6.01. The third-order valence-electron chi connectivity index (χ3n) is 17.4. The van der Waals surface area contributed by atoms with E-state index in [0.29, 0.717) is 45.1 Å². The van der Waals surface area contributed by atoms with Crippen molar-refractivity contribution in [1.29, 1.82) is 0 Å². The van der Waals surface area contributed by atoms with E-state index < -0.39 is 0 Å². The summed E-state index contributed by atoms with van der Waals surface area (Å²) in [6, 6.07) is 4.68. The molecule has 4 unspecified atom stereocenters. The second kappa shape index (κ2) is 58.5. The molecule has 1 aromatic carbocycles. The first-order valence-corrected chi connectivity index (χ1v) is 37.2. The van der Waals surface area contributed by atoms with E-state index in [9.17, 15) is 33.6 Å². The van der Waals surface area contributed by atoms with E-state index in [1.54, 1.807) is 18.2 Å². The average molecular weight is 1270 g/mol. The fourth-order valence-electron chi connectivity index (χ4n) is 11.8. The maximum Gasteiger partial charge on any atom is 0.306 e. The Balaban J connectivity index is 2.78. The summed E-state index contributed by atoms with van der Waals surface area (Å²) in [6.07, 6.45) is 40.9. The molecule has 4 atom stereocenters.